The van der Waals surface area contributed by atoms with Gasteiger partial charge in [0.15, 0.2) is 0 Å². The molecule has 0 fully saturated rings. The number of nitrogens with two attached hydrogens (primary N) is 1. The normalized spacial score (nSPS) is 17.1. The van der Waals surface area contributed by atoms with Gasteiger partial charge < -0.3 is 20.5 Å². The Kier molecular flexibility index (Phi) is 7.51. The number of amidine groups is 1. The summed E-state index contributed by atoms with van der Waals surface area (Å²) < 4.78 is 11.8. The summed E-state index contributed by atoms with van der Waals surface area (Å²) >= 11 is 0. The SMILES string of the molecule is CCC1C(Nc2cccc(Oc3ccccc3)c2)=NC=CC1c1ccc(OC(C)C)c(C(N)=O)c1. The smallest absolute Gasteiger partial charge is 0.252 e. The predicted molar refractivity (Wildman–Crippen MR) is 140 cm³/mol. The molecule has 2 unspecified atom stereocenters. The number of primary amides is 1. The van der Waals surface area contributed by atoms with Gasteiger partial charge in [-0.1, -0.05) is 43.3 Å². The molecule has 0 bridgehead atoms. The van der Waals surface area contributed by atoms with Gasteiger partial charge in [-0.05, 0) is 62.2 Å². The molecular formula is C29H31N3O3. The molecule has 3 N–H and O–H groups in total. The number of carbonyl (C=O) groups excluding carboxylic acids is 1. The fourth-order valence-corrected chi connectivity index (χ4v) is 4.25. The van der Waals surface area contributed by atoms with Gasteiger partial charge in [0.05, 0.1) is 11.7 Å². The van der Waals surface area contributed by atoms with Crippen molar-refractivity contribution in [1.29, 1.82) is 0 Å². The van der Waals surface area contributed by atoms with Crippen molar-refractivity contribution < 1.29 is 14.3 Å². The highest BCUT2D eigenvalue weighted by Crippen LogP contribution is 2.35. The summed E-state index contributed by atoms with van der Waals surface area (Å²) in [6.07, 6.45) is 4.68. The van der Waals surface area contributed by atoms with Crippen LogP contribution in [0, 0.1) is 5.92 Å². The first-order chi connectivity index (χ1) is 16.9. The fraction of sp³-hybridized carbons (Fsp3) is 0.241. The molecule has 0 radical (unpaired) electrons. The van der Waals surface area contributed by atoms with Gasteiger partial charge in [-0.2, -0.15) is 0 Å². The molecule has 6 nitrogen and oxygen atoms in total. The maximum Gasteiger partial charge on any atom is 0.252 e. The van der Waals surface area contributed by atoms with Gasteiger partial charge in [-0.15, -0.1) is 0 Å². The maximum atomic E-state index is 12.1. The number of amides is 1. The molecule has 1 aliphatic heterocycles. The minimum Gasteiger partial charge on any atom is -0.490 e. The second kappa shape index (κ2) is 10.9. The van der Waals surface area contributed by atoms with E-state index in [0.717, 1.165) is 35.0 Å². The van der Waals surface area contributed by atoms with Crippen LogP contribution in [0.2, 0.25) is 0 Å². The fourth-order valence-electron chi connectivity index (χ4n) is 4.25. The number of benzene rings is 3. The third kappa shape index (κ3) is 5.90. The van der Waals surface area contributed by atoms with E-state index in [1.807, 2.05) is 92.8 Å². The van der Waals surface area contributed by atoms with Crippen molar-refractivity contribution in [3.05, 3.63) is 96.2 Å². The number of carbonyl (C=O) groups is 1. The van der Waals surface area contributed by atoms with E-state index in [1.54, 1.807) is 0 Å². The van der Waals surface area contributed by atoms with Gasteiger partial charge in [-0.3, -0.25) is 4.79 Å². The van der Waals surface area contributed by atoms with Crippen LogP contribution in [0.4, 0.5) is 5.69 Å². The van der Waals surface area contributed by atoms with Gasteiger partial charge in [0.25, 0.3) is 5.91 Å². The molecule has 0 aromatic heterocycles. The van der Waals surface area contributed by atoms with Crippen LogP contribution in [-0.2, 0) is 0 Å². The Bertz CT molecular complexity index is 1230. The number of hydrogen-bond acceptors (Lipinski definition) is 5. The summed E-state index contributed by atoms with van der Waals surface area (Å²) in [5.74, 6) is 2.52. The molecule has 0 saturated heterocycles. The van der Waals surface area contributed by atoms with E-state index in [9.17, 15) is 4.79 Å². The Morgan fingerprint density at radius 2 is 1.80 bits per heavy atom. The van der Waals surface area contributed by atoms with Crippen molar-refractivity contribution in [1.82, 2.24) is 0 Å². The lowest BCUT2D eigenvalue weighted by Gasteiger charge is -2.29. The number of anilines is 1. The number of aliphatic imine (C=N–C) groups is 1. The summed E-state index contributed by atoms with van der Waals surface area (Å²) in [4.78, 5) is 16.8. The van der Waals surface area contributed by atoms with E-state index in [0.29, 0.717) is 11.3 Å². The summed E-state index contributed by atoms with van der Waals surface area (Å²) in [6, 6.07) is 23.2. The number of allylic oxidation sites excluding steroid dienone is 1. The minimum absolute atomic E-state index is 0.0370. The van der Waals surface area contributed by atoms with Crippen LogP contribution in [0.1, 0.15) is 49.0 Å². The molecule has 1 aliphatic rings. The second-order valence-corrected chi connectivity index (χ2v) is 8.75. The number of nitrogens with zero attached hydrogens (tertiary/aromatic N) is 1. The highest BCUT2D eigenvalue weighted by atomic mass is 16.5. The van der Waals surface area contributed by atoms with Crippen LogP contribution in [0.25, 0.3) is 0 Å². The molecule has 4 rings (SSSR count). The number of nitrogens with one attached hydrogen (secondary N) is 1. The van der Waals surface area contributed by atoms with E-state index in [-0.39, 0.29) is 17.9 Å². The van der Waals surface area contributed by atoms with Gasteiger partial charge in [0, 0.05) is 29.8 Å². The zero-order valence-electron chi connectivity index (χ0n) is 20.3. The molecule has 6 heteroatoms. The Hall–Kier alpha value is -4.06. The van der Waals surface area contributed by atoms with Crippen molar-refractivity contribution in [2.24, 2.45) is 16.6 Å². The largest absolute Gasteiger partial charge is 0.490 e. The van der Waals surface area contributed by atoms with Crippen molar-refractivity contribution >= 4 is 17.4 Å². The lowest BCUT2D eigenvalue weighted by molar-refractivity contribution is 0.0994. The van der Waals surface area contributed by atoms with Crippen LogP contribution in [0.5, 0.6) is 17.2 Å². The molecule has 0 aliphatic carbocycles. The highest BCUT2D eigenvalue weighted by molar-refractivity contribution is 5.99. The molecule has 0 spiro atoms. The molecule has 35 heavy (non-hydrogen) atoms. The van der Waals surface area contributed by atoms with E-state index in [4.69, 9.17) is 15.2 Å². The van der Waals surface area contributed by atoms with Crippen LogP contribution >= 0.6 is 0 Å². The Balaban J connectivity index is 1.55. The van der Waals surface area contributed by atoms with Crippen LogP contribution in [0.15, 0.2) is 90.1 Å². The van der Waals surface area contributed by atoms with E-state index < -0.39 is 5.91 Å². The Morgan fingerprint density at radius 3 is 2.51 bits per heavy atom. The summed E-state index contributed by atoms with van der Waals surface area (Å²) in [5, 5.41) is 3.49. The lowest BCUT2D eigenvalue weighted by atomic mass is 9.81. The number of rotatable bonds is 8. The number of hydrogen-bond donors (Lipinski definition) is 2. The quantitative estimate of drug-likeness (QED) is 0.394. The lowest BCUT2D eigenvalue weighted by Crippen LogP contribution is -2.29. The summed E-state index contributed by atoms with van der Waals surface area (Å²) in [5.41, 5.74) is 7.95. The molecule has 3 aromatic carbocycles. The topological polar surface area (TPSA) is 85.9 Å². The Labute approximate surface area is 206 Å². The van der Waals surface area contributed by atoms with Gasteiger partial charge in [-0.25, -0.2) is 4.99 Å². The standard InChI is InChI=1S/C29H31N3O3/c1-4-24-25(20-13-14-27(34-19(2)3)26(17-20)28(30)33)15-16-31-29(24)32-21-9-8-12-23(18-21)35-22-10-6-5-7-11-22/h5-19,24-25H,4H2,1-3H3,(H2,30,33)(H,31,32). The first-order valence-corrected chi connectivity index (χ1v) is 11.9. The highest BCUT2D eigenvalue weighted by Gasteiger charge is 2.28. The third-order valence-electron chi connectivity index (χ3n) is 5.83. The molecule has 0 saturated carbocycles. The first-order valence-electron chi connectivity index (χ1n) is 11.9. The van der Waals surface area contributed by atoms with E-state index in [2.05, 4.69) is 23.3 Å². The zero-order valence-corrected chi connectivity index (χ0v) is 20.3. The van der Waals surface area contributed by atoms with Crippen LogP contribution in [0.3, 0.4) is 0 Å². The van der Waals surface area contributed by atoms with Crippen molar-refractivity contribution in [2.75, 3.05) is 5.32 Å². The average Bonchev–Trinajstić information content (AvgIpc) is 2.84. The molecule has 3 aromatic rings. The summed E-state index contributed by atoms with van der Waals surface area (Å²) in [7, 11) is 0. The van der Waals surface area contributed by atoms with E-state index in [1.165, 1.54) is 0 Å². The minimum atomic E-state index is -0.502. The van der Waals surface area contributed by atoms with Gasteiger partial charge in [0.2, 0.25) is 0 Å². The van der Waals surface area contributed by atoms with Crippen molar-refractivity contribution in [3.63, 3.8) is 0 Å². The van der Waals surface area contributed by atoms with Gasteiger partial charge >= 0.3 is 0 Å². The van der Waals surface area contributed by atoms with E-state index >= 15 is 0 Å². The monoisotopic (exact) mass is 469 g/mol. The first kappa shape index (κ1) is 24.1. The molecule has 1 heterocycles. The van der Waals surface area contributed by atoms with Gasteiger partial charge in [0.1, 0.15) is 23.1 Å². The van der Waals surface area contributed by atoms with Crippen molar-refractivity contribution in [2.45, 2.75) is 39.2 Å². The number of ether oxygens (including phenoxy) is 2. The molecule has 2 atom stereocenters. The van der Waals surface area contributed by atoms with Crippen LogP contribution in [-0.4, -0.2) is 17.8 Å². The molecule has 1 amide bonds. The van der Waals surface area contributed by atoms with Crippen molar-refractivity contribution in [3.8, 4) is 17.2 Å². The average molecular weight is 470 g/mol. The third-order valence-corrected chi connectivity index (χ3v) is 5.83. The van der Waals surface area contributed by atoms with Crippen LogP contribution < -0.4 is 20.5 Å². The predicted octanol–water partition coefficient (Wildman–Crippen LogP) is 6.51. The second-order valence-electron chi connectivity index (χ2n) is 8.75. The maximum absolute atomic E-state index is 12.1. The Morgan fingerprint density at radius 1 is 1.03 bits per heavy atom. The molecular weight excluding hydrogens is 438 g/mol. The molecule has 180 valence electrons. The number of para-hydroxylation sites is 1. The summed E-state index contributed by atoms with van der Waals surface area (Å²) in [6.45, 7) is 5.97. The zero-order chi connectivity index (χ0) is 24.8.